The molecule has 0 bridgehead atoms. The molecule has 2 aliphatic heterocycles. The number of benzene rings is 2. The summed E-state index contributed by atoms with van der Waals surface area (Å²) in [6, 6.07) is 12.5. The van der Waals surface area contributed by atoms with Gasteiger partial charge in [-0.3, -0.25) is 14.6 Å². The van der Waals surface area contributed by atoms with E-state index >= 15 is 0 Å². The number of Topliss-reactive ketones (excluding diaryl/α,β-unsaturated/α-hetero) is 1. The molecule has 44 heavy (non-hydrogen) atoms. The molecule has 2 aromatic heterocycles. The van der Waals surface area contributed by atoms with Crippen molar-refractivity contribution in [3.63, 3.8) is 0 Å². The lowest BCUT2D eigenvalue weighted by atomic mass is 9.83. The van der Waals surface area contributed by atoms with E-state index in [-0.39, 0.29) is 42.6 Å². The van der Waals surface area contributed by atoms with E-state index in [0.29, 0.717) is 47.6 Å². The summed E-state index contributed by atoms with van der Waals surface area (Å²) in [4.78, 5) is 34.4. The number of hydrogen-bond donors (Lipinski definition) is 0. The third kappa shape index (κ3) is 5.38. The van der Waals surface area contributed by atoms with Crippen molar-refractivity contribution < 1.29 is 36.3 Å². The Morgan fingerprint density at radius 2 is 1.75 bits per heavy atom. The van der Waals surface area contributed by atoms with E-state index in [1.54, 1.807) is 42.4 Å². The van der Waals surface area contributed by atoms with Gasteiger partial charge in [-0.2, -0.15) is 5.10 Å². The molecule has 0 saturated carbocycles. The lowest BCUT2D eigenvalue weighted by Gasteiger charge is -2.44. The van der Waals surface area contributed by atoms with E-state index in [1.807, 2.05) is 4.90 Å². The van der Waals surface area contributed by atoms with Gasteiger partial charge in [0, 0.05) is 55.8 Å². The summed E-state index contributed by atoms with van der Waals surface area (Å²) in [6.07, 6.45) is -0.816. The number of piperidine rings is 1. The van der Waals surface area contributed by atoms with E-state index in [4.69, 9.17) is 0 Å². The largest absolute Gasteiger partial charge is 0.573 e. The van der Waals surface area contributed by atoms with Crippen LogP contribution in [-0.4, -0.2) is 62.9 Å². The number of carbonyl (C=O) groups is 2. The molecule has 2 aliphatic rings. The fraction of sp³-hybridized carbons (Fsp3) is 0.290. The molecule has 6 rings (SSSR count). The zero-order valence-electron chi connectivity index (χ0n) is 23.4. The Bertz CT molecular complexity index is 1730. The van der Waals surface area contributed by atoms with Crippen molar-refractivity contribution in [2.45, 2.75) is 38.1 Å². The number of likely N-dealkylation sites (tertiary alicyclic amines) is 1. The molecule has 2 fully saturated rings. The van der Waals surface area contributed by atoms with Gasteiger partial charge in [-0.25, -0.2) is 13.5 Å². The first-order valence-electron chi connectivity index (χ1n) is 13.9. The molecule has 1 amide bonds. The van der Waals surface area contributed by atoms with Crippen LogP contribution >= 0.6 is 0 Å². The number of ketones is 1. The van der Waals surface area contributed by atoms with Gasteiger partial charge >= 0.3 is 6.36 Å². The van der Waals surface area contributed by atoms with Crippen molar-refractivity contribution in [3.05, 3.63) is 89.9 Å². The summed E-state index contributed by atoms with van der Waals surface area (Å²) in [5.41, 5.74) is 1.58. The summed E-state index contributed by atoms with van der Waals surface area (Å²) in [6.45, 7) is 2.42. The van der Waals surface area contributed by atoms with Crippen molar-refractivity contribution in [2.75, 3.05) is 24.5 Å². The highest BCUT2D eigenvalue weighted by atomic mass is 19.4. The Balaban J connectivity index is 1.28. The number of carbonyl (C=O) groups excluding carboxylic acids is 2. The first-order valence-corrected chi connectivity index (χ1v) is 13.9. The molecule has 4 aromatic rings. The number of hydrogen-bond acceptors (Lipinski definition) is 6. The van der Waals surface area contributed by atoms with Crippen LogP contribution in [0.3, 0.4) is 0 Å². The second kappa shape index (κ2) is 11.0. The molecule has 2 aromatic carbocycles. The summed E-state index contributed by atoms with van der Waals surface area (Å²) in [5.74, 6) is -2.75. The minimum atomic E-state index is -4.84. The quantitative estimate of drug-likeness (QED) is 0.263. The lowest BCUT2D eigenvalue weighted by Crippen LogP contribution is -2.56. The Hall–Kier alpha value is -4.81. The van der Waals surface area contributed by atoms with Crippen LogP contribution in [0.5, 0.6) is 5.75 Å². The second-order valence-electron chi connectivity index (χ2n) is 10.8. The molecule has 228 valence electrons. The fourth-order valence-corrected chi connectivity index (χ4v) is 6.08. The number of aromatic nitrogens is 3. The van der Waals surface area contributed by atoms with Gasteiger partial charge < -0.3 is 14.5 Å². The monoisotopic (exact) mass is 611 g/mol. The predicted molar refractivity (Wildman–Crippen MR) is 149 cm³/mol. The summed E-state index contributed by atoms with van der Waals surface area (Å²) < 4.78 is 71.4. The number of pyridine rings is 1. The standard InChI is InChI=1S/C31H26F5N5O3/c1-19-15-22(44-31(34,35)36)5-7-26(19)41-27(20-3-2-11-37-18-20)17-25(38-41)29(43)39-13-9-30(10-14-39)28(42)8-12-40(30)21-4-6-23(32)24(33)16-21/h2-7,11,15-18H,8-10,12-14H2,1H3. The number of amides is 1. The summed E-state index contributed by atoms with van der Waals surface area (Å²) in [7, 11) is 0. The SMILES string of the molecule is Cc1cc(OC(F)(F)F)ccc1-n1nc(C(=O)N2CCC3(CC2)C(=O)CCN3c2ccc(F)c(F)c2)cc1-c1cccnc1. The molecule has 0 radical (unpaired) electrons. The Kier molecular flexibility index (Phi) is 7.34. The molecule has 2 saturated heterocycles. The van der Waals surface area contributed by atoms with Crippen molar-refractivity contribution in [3.8, 4) is 22.7 Å². The minimum absolute atomic E-state index is 0.00843. The maximum atomic E-state index is 14.0. The number of nitrogens with zero attached hydrogens (tertiary/aromatic N) is 5. The number of ether oxygens (including phenoxy) is 1. The smallest absolute Gasteiger partial charge is 0.406 e. The number of aryl methyl sites for hydroxylation is 1. The molecular weight excluding hydrogens is 585 g/mol. The van der Waals surface area contributed by atoms with Gasteiger partial charge in [0.1, 0.15) is 11.3 Å². The topological polar surface area (TPSA) is 80.6 Å². The highest BCUT2D eigenvalue weighted by Crippen LogP contribution is 2.40. The fourth-order valence-electron chi connectivity index (χ4n) is 6.08. The Labute approximate surface area is 248 Å². The molecule has 0 aliphatic carbocycles. The van der Waals surface area contributed by atoms with Crippen LogP contribution in [0, 0.1) is 18.6 Å². The Morgan fingerprint density at radius 1 is 0.977 bits per heavy atom. The van der Waals surface area contributed by atoms with Crippen molar-refractivity contribution in [1.29, 1.82) is 0 Å². The number of halogens is 5. The van der Waals surface area contributed by atoms with E-state index in [2.05, 4.69) is 14.8 Å². The highest BCUT2D eigenvalue weighted by molar-refractivity contribution is 5.97. The molecule has 0 unspecified atom stereocenters. The third-order valence-electron chi connectivity index (χ3n) is 8.21. The van der Waals surface area contributed by atoms with Gasteiger partial charge in [-0.1, -0.05) is 0 Å². The molecule has 8 nitrogen and oxygen atoms in total. The van der Waals surface area contributed by atoms with Crippen molar-refractivity contribution in [2.24, 2.45) is 0 Å². The second-order valence-corrected chi connectivity index (χ2v) is 10.8. The number of alkyl halides is 3. The minimum Gasteiger partial charge on any atom is -0.406 e. The van der Waals surface area contributed by atoms with Crippen LogP contribution in [0.15, 0.2) is 67.0 Å². The first-order chi connectivity index (χ1) is 20.9. The van der Waals surface area contributed by atoms with Gasteiger partial charge in [0.25, 0.3) is 5.91 Å². The van der Waals surface area contributed by atoms with E-state index in [1.165, 1.54) is 28.9 Å². The summed E-state index contributed by atoms with van der Waals surface area (Å²) >= 11 is 0. The van der Waals surface area contributed by atoms with Crippen LogP contribution in [-0.2, 0) is 4.79 Å². The zero-order chi connectivity index (χ0) is 31.2. The van der Waals surface area contributed by atoms with E-state index in [9.17, 15) is 31.5 Å². The first kappa shape index (κ1) is 29.3. The van der Waals surface area contributed by atoms with Gasteiger partial charge in [0.05, 0.1) is 11.4 Å². The molecule has 1 spiro atoms. The maximum Gasteiger partial charge on any atom is 0.573 e. The average molecular weight is 612 g/mol. The molecule has 4 heterocycles. The van der Waals surface area contributed by atoms with E-state index in [0.717, 1.165) is 12.1 Å². The van der Waals surface area contributed by atoms with Gasteiger partial charge in [-0.05, 0) is 73.9 Å². The molecular formula is C31H26F5N5O3. The summed E-state index contributed by atoms with van der Waals surface area (Å²) in [5, 5.41) is 4.56. The van der Waals surface area contributed by atoms with Crippen LogP contribution in [0.4, 0.5) is 27.6 Å². The van der Waals surface area contributed by atoms with Crippen molar-refractivity contribution in [1.82, 2.24) is 19.7 Å². The van der Waals surface area contributed by atoms with Crippen LogP contribution < -0.4 is 9.64 Å². The number of anilines is 1. The van der Waals surface area contributed by atoms with Crippen LogP contribution in [0.25, 0.3) is 16.9 Å². The van der Waals surface area contributed by atoms with Crippen LogP contribution in [0.2, 0.25) is 0 Å². The normalized spacial score (nSPS) is 16.5. The zero-order valence-corrected chi connectivity index (χ0v) is 23.4. The van der Waals surface area contributed by atoms with Gasteiger partial charge in [-0.15, -0.1) is 13.2 Å². The maximum absolute atomic E-state index is 14.0. The predicted octanol–water partition coefficient (Wildman–Crippen LogP) is 5.87. The lowest BCUT2D eigenvalue weighted by molar-refractivity contribution is -0.274. The highest BCUT2D eigenvalue weighted by Gasteiger charge is 2.50. The van der Waals surface area contributed by atoms with Gasteiger partial charge in [0.2, 0.25) is 0 Å². The van der Waals surface area contributed by atoms with Crippen molar-refractivity contribution >= 4 is 17.4 Å². The Morgan fingerprint density at radius 3 is 2.41 bits per heavy atom. The third-order valence-corrected chi connectivity index (χ3v) is 8.21. The molecule has 0 atom stereocenters. The number of rotatable bonds is 5. The van der Waals surface area contributed by atoms with E-state index < -0.39 is 23.5 Å². The van der Waals surface area contributed by atoms with Gasteiger partial charge in [0.15, 0.2) is 23.1 Å². The average Bonchev–Trinajstić information content (AvgIpc) is 3.56. The molecule has 13 heteroatoms. The van der Waals surface area contributed by atoms with Crippen LogP contribution in [0.1, 0.15) is 35.3 Å². The molecule has 0 N–H and O–H groups in total.